The zero-order chi connectivity index (χ0) is 70.4. The summed E-state index contributed by atoms with van der Waals surface area (Å²) in [6.45, 7) is 20.0. The molecule has 0 aliphatic heterocycles. The van der Waals surface area contributed by atoms with E-state index in [1.807, 2.05) is 69.2 Å². The molecular formula is C90H94O6S2. The van der Waals surface area contributed by atoms with Crippen molar-refractivity contribution in [1.82, 2.24) is 0 Å². The molecule has 0 unspecified atom stereocenters. The molecule has 0 aliphatic carbocycles. The minimum atomic E-state index is -3.67. The molecule has 98 heavy (non-hydrogen) atoms. The van der Waals surface area contributed by atoms with Gasteiger partial charge in [0.15, 0.2) is 0 Å². The molecule has 0 amide bonds. The molecule has 0 spiro atoms. The Balaban J connectivity index is 0.000000332. The summed E-state index contributed by atoms with van der Waals surface area (Å²) in [4.78, 5) is 0. The van der Waals surface area contributed by atoms with Gasteiger partial charge in [-0.05, 0) is 128 Å². The smallest absolute Gasteiger partial charge is 0.286 e. The molecule has 0 atom stereocenters. The summed E-state index contributed by atoms with van der Waals surface area (Å²) in [5.41, 5.74) is 26.9. The second kappa shape index (κ2) is 43.5. The van der Waals surface area contributed by atoms with Crippen molar-refractivity contribution in [3.05, 3.63) is 340 Å². The van der Waals surface area contributed by atoms with Crippen LogP contribution in [0, 0.1) is 0 Å². The van der Waals surface area contributed by atoms with Crippen molar-refractivity contribution in [3.8, 4) is 122 Å². The second-order valence-corrected chi connectivity index (χ2v) is 22.2. The van der Waals surface area contributed by atoms with E-state index in [0.717, 1.165) is 0 Å². The van der Waals surface area contributed by atoms with Crippen LogP contribution in [0.4, 0.5) is 0 Å². The van der Waals surface area contributed by atoms with Crippen LogP contribution in [0.15, 0.2) is 340 Å². The third-order valence-corrected chi connectivity index (χ3v) is 14.6. The van der Waals surface area contributed by atoms with E-state index in [2.05, 4.69) is 340 Å². The van der Waals surface area contributed by atoms with Crippen molar-refractivity contribution in [3.63, 3.8) is 0 Å². The van der Waals surface area contributed by atoms with E-state index in [1.54, 1.807) is 0 Å². The molecule has 0 radical (unpaired) electrons. The average molecular weight is 1340 g/mol. The molecule has 13 rings (SSSR count). The summed E-state index contributed by atoms with van der Waals surface area (Å²) in [5.74, 6) is 0. The Morgan fingerprint density at radius 3 is 0.429 bits per heavy atom. The van der Waals surface area contributed by atoms with Crippen LogP contribution in [0.5, 0.6) is 0 Å². The van der Waals surface area contributed by atoms with Crippen LogP contribution in [-0.2, 0) is 20.7 Å². The lowest BCUT2D eigenvalue weighted by molar-refractivity contribution is 0.490. The van der Waals surface area contributed by atoms with Crippen molar-refractivity contribution in [1.29, 1.82) is 0 Å². The molecule has 0 bridgehead atoms. The van der Waals surface area contributed by atoms with Crippen LogP contribution < -0.4 is 0 Å². The van der Waals surface area contributed by atoms with Crippen LogP contribution in [0.2, 0.25) is 0 Å². The predicted octanol–water partition coefficient (Wildman–Crippen LogP) is 26.0. The molecule has 1 N–H and O–H groups in total. The molecule has 0 heterocycles. The highest BCUT2D eigenvalue weighted by molar-refractivity contribution is 7.85. The molecule has 8 heteroatoms. The number of hydrogen-bond acceptors (Lipinski definition) is 5. The Morgan fingerprint density at radius 1 is 0.214 bits per heavy atom. The van der Waals surface area contributed by atoms with Gasteiger partial charge in [-0.2, -0.15) is 8.42 Å². The van der Waals surface area contributed by atoms with Crippen LogP contribution in [0.3, 0.4) is 0 Å². The van der Waals surface area contributed by atoms with Crippen molar-refractivity contribution < 1.29 is 25.6 Å². The van der Waals surface area contributed by atoms with Gasteiger partial charge in [-0.15, -0.1) is 12.6 Å². The fourth-order valence-electron chi connectivity index (χ4n) is 11.2. The average Bonchev–Trinajstić information content (AvgIpc) is 0.721. The Bertz CT molecular complexity index is 4060. The zero-order valence-corrected chi connectivity index (χ0v) is 59.3. The van der Waals surface area contributed by atoms with Crippen molar-refractivity contribution in [2.45, 2.75) is 76.7 Å². The first-order valence-electron chi connectivity index (χ1n) is 33.3. The van der Waals surface area contributed by atoms with Gasteiger partial charge in [0.2, 0.25) is 0 Å². The van der Waals surface area contributed by atoms with Gasteiger partial charge < -0.3 is 0 Å². The van der Waals surface area contributed by atoms with Gasteiger partial charge in [0.25, 0.3) is 10.1 Å². The van der Waals surface area contributed by atoms with Gasteiger partial charge in [-0.1, -0.05) is 410 Å². The molecule has 13 aromatic carbocycles. The maximum absolute atomic E-state index is 9.19. The highest BCUT2D eigenvalue weighted by Crippen LogP contribution is 2.56. The van der Waals surface area contributed by atoms with E-state index in [-0.39, 0.29) is 7.43 Å². The van der Waals surface area contributed by atoms with Crippen LogP contribution in [-0.4, -0.2) is 31.9 Å². The standard InChI is InChI=1S/C42H30.C36H26.5C2H6.CH4O3S.CH4.O3S/c1-7-19-31(20-8-1)37-38(32-21-9-2-10-22-32)40(34-25-13-4-14-26-34)42(36-29-17-6-18-30-36)41(35-27-15-5-16-28-35)39(37)33-23-11-3-12-24-33;1-6-16-27(17-7-1)32-26-33(28-18-8-2-9-19-28)35(30-22-12-4-13-23-30)36(31-24-14-5-15-25-31)34(32)29-20-10-3-11-21-29;5*1-2;1-5(2,3)4;;1-4(2)3/h1-30H;1-26H;5*1-2H3;1H3,(H,2,3,4);1H4;. The molecule has 0 fully saturated rings. The number of benzene rings is 13. The normalized spacial score (nSPS) is 9.76. The van der Waals surface area contributed by atoms with E-state index < -0.39 is 20.7 Å². The molecule has 502 valence electrons. The summed E-state index contributed by atoms with van der Waals surface area (Å²) >= 11 is 0. The predicted molar refractivity (Wildman–Crippen MR) is 423 cm³/mol. The van der Waals surface area contributed by atoms with Gasteiger partial charge in [0, 0.05) is 0 Å². The summed E-state index contributed by atoms with van der Waals surface area (Å²) in [6, 6.07) is 122. The third kappa shape index (κ3) is 22.2. The van der Waals surface area contributed by atoms with Gasteiger partial charge in [-0.3, -0.25) is 4.55 Å². The fourth-order valence-corrected chi connectivity index (χ4v) is 11.2. The number of hydrogen-bond donors (Lipinski definition) is 1. The molecule has 0 aliphatic rings. The Morgan fingerprint density at radius 2 is 0.306 bits per heavy atom. The van der Waals surface area contributed by atoms with E-state index in [9.17, 15) is 8.42 Å². The molecule has 0 saturated carbocycles. The van der Waals surface area contributed by atoms with Crippen LogP contribution >= 0.6 is 0 Å². The Hall–Kier alpha value is -10.6. The van der Waals surface area contributed by atoms with Crippen molar-refractivity contribution in [2.24, 2.45) is 0 Å². The largest absolute Gasteiger partial charge is 0.425 e. The lowest BCUT2D eigenvalue weighted by Crippen LogP contribution is -2.02. The van der Waals surface area contributed by atoms with Crippen LogP contribution in [0.25, 0.3) is 122 Å². The van der Waals surface area contributed by atoms with Crippen LogP contribution in [0.1, 0.15) is 76.7 Å². The molecular weight excluding hydrogens is 1240 g/mol. The van der Waals surface area contributed by atoms with E-state index in [4.69, 9.17) is 17.2 Å². The monoisotopic (exact) mass is 1330 g/mol. The van der Waals surface area contributed by atoms with Crippen molar-refractivity contribution >= 4 is 20.7 Å². The minimum absolute atomic E-state index is 0. The molecule has 0 aromatic heterocycles. The summed E-state index contributed by atoms with van der Waals surface area (Å²) < 4.78 is 51.2. The lowest BCUT2D eigenvalue weighted by atomic mass is 9.74. The first-order valence-corrected chi connectivity index (χ1v) is 36.1. The van der Waals surface area contributed by atoms with E-state index in [0.29, 0.717) is 6.26 Å². The molecule has 0 saturated heterocycles. The summed E-state index contributed by atoms with van der Waals surface area (Å²) in [7, 11) is -6.78. The highest BCUT2D eigenvalue weighted by Gasteiger charge is 2.29. The topological polar surface area (TPSA) is 106 Å². The SMILES string of the molecule is C.CC.CC.CC.CC.CC.CS(=O)(=O)O.O=S(=O)=O.c1ccc(-c2c(-c3ccccc3)c(-c3ccccc3)c(-c3ccccc3)c(-c3ccccc3)c2-c2ccccc2)cc1.c1ccc(-c2cc(-c3ccccc3)c(-c3ccccc3)c(-c3ccccc3)c2-c2ccccc2)cc1. The van der Waals surface area contributed by atoms with E-state index in [1.165, 1.54) is 122 Å². The van der Waals surface area contributed by atoms with Gasteiger partial charge in [-0.25, -0.2) is 0 Å². The molecule has 13 aromatic rings. The fraction of sp³-hybridized carbons (Fsp3) is 0.133. The number of rotatable bonds is 11. The first-order chi connectivity index (χ1) is 47.5. The quantitative estimate of drug-likeness (QED) is 0.129. The summed E-state index contributed by atoms with van der Waals surface area (Å²) in [6.07, 6.45) is 0.715. The third-order valence-electron chi connectivity index (χ3n) is 14.6. The van der Waals surface area contributed by atoms with Crippen molar-refractivity contribution in [2.75, 3.05) is 6.26 Å². The maximum atomic E-state index is 9.19. The van der Waals surface area contributed by atoms with Gasteiger partial charge in [0.1, 0.15) is 0 Å². The highest BCUT2D eigenvalue weighted by atomic mass is 32.2. The first kappa shape index (κ1) is 79.8. The van der Waals surface area contributed by atoms with E-state index >= 15 is 0 Å². The van der Waals surface area contributed by atoms with Gasteiger partial charge in [0.05, 0.1) is 6.26 Å². The minimum Gasteiger partial charge on any atom is -0.286 e. The Kier molecular flexibility index (Phi) is 35.4. The Labute approximate surface area is 587 Å². The van der Waals surface area contributed by atoms with Gasteiger partial charge >= 0.3 is 10.6 Å². The molecule has 6 nitrogen and oxygen atoms in total. The lowest BCUT2D eigenvalue weighted by Gasteiger charge is -2.28. The summed E-state index contributed by atoms with van der Waals surface area (Å²) in [5, 5.41) is 0. The second-order valence-electron chi connectivity index (χ2n) is 20.3. The maximum Gasteiger partial charge on any atom is 0.425 e. The zero-order valence-electron chi connectivity index (χ0n) is 57.6.